The highest BCUT2D eigenvalue weighted by Gasteiger charge is 2.66. The lowest BCUT2D eigenvalue weighted by molar-refractivity contribution is -0.175. The Balaban J connectivity index is 1.36. The van der Waals surface area contributed by atoms with Crippen LogP contribution in [0.5, 0.6) is 5.75 Å². The molecule has 232 valence electrons. The van der Waals surface area contributed by atoms with Gasteiger partial charge in [0.2, 0.25) is 5.91 Å². The first-order valence-corrected chi connectivity index (χ1v) is 15.1. The predicted octanol–water partition coefficient (Wildman–Crippen LogP) is 0.807. The number of primary amides is 1. The van der Waals surface area contributed by atoms with Gasteiger partial charge in [-0.15, -0.1) is 0 Å². The van der Waals surface area contributed by atoms with Gasteiger partial charge in [0.15, 0.2) is 34.7 Å². The summed E-state index contributed by atoms with van der Waals surface area (Å²) >= 11 is 0. The van der Waals surface area contributed by atoms with Gasteiger partial charge in [0.05, 0.1) is 11.5 Å². The number of aromatic hydroxyl groups is 1. The molecule has 3 aliphatic carbocycles. The van der Waals surface area contributed by atoms with Crippen LogP contribution >= 0.6 is 0 Å². The molecule has 1 amide bonds. The number of ketones is 4. The van der Waals surface area contributed by atoms with Crippen molar-refractivity contribution in [2.75, 3.05) is 52.2 Å². The molecule has 0 spiro atoms. The number of rotatable bonds is 5. The number of phenolic OH excluding ortho intramolecular Hbond substituents is 1. The number of anilines is 1. The summed E-state index contributed by atoms with van der Waals surface area (Å²) in [6.45, 7) is 4.81. The van der Waals surface area contributed by atoms with Crippen LogP contribution in [0.2, 0.25) is 0 Å². The Labute approximate surface area is 255 Å². The van der Waals surface area contributed by atoms with Crippen molar-refractivity contribution < 1.29 is 34.2 Å². The van der Waals surface area contributed by atoms with E-state index in [9.17, 15) is 34.2 Å². The van der Waals surface area contributed by atoms with Crippen LogP contribution in [0.3, 0.4) is 0 Å². The number of nitrogens with zero attached hydrogens (tertiary/aromatic N) is 3. The van der Waals surface area contributed by atoms with Crippen LogP contribution in [0, 0.1) is 23.7 Å². The van der Waals surface area contributed by atoms with Crippen molar-refractivity contribution in [1.29, 1.82) is 0 Å². The molecule has 11 nitrogen and oxygen atoms in total. The summed E-state index contributed by atoms with van der Waals surface area (Å²) < 4.78 is 0. The second-order valence-corrected chi connectivity index (χ2v) is 13.1. The Kier molecular flexibility index (Phi) is 7.46. The molecular formula is C33H38N4O7. The van der Waals surface area contributed by atoms with E-state index in [2.05, 4.69) is 16.8 Å². The molecule has 2 aromatic carbocycles. The minimum atomic E-state index is -2.67. The number of aliphatic hydroxyl groups is 1. The lowest BCUT2D eigenvalue weighted by Crippen LogP contribution is -2.68. The van der Waals surface area contributed by atoms with Gasteiger partial charge in [-0.3, -0.25) is 28.9 Å². The molecule has 6 rings (SSSR count). The molecule has 2 aromatic rings. The highest BCUT2D eigenvalue weighted by molar-refractivity contribution is 6.31. The molecule has 2 saturated carbocycles. The number of phenols is 1. The Morgan fingerprint density at radius 1 is 1.02 bits per heavy atom. The number of hydrogen-bond acceptors (Lipinski definition) is 10. The summed E-state index contributed by atoms with van der Waals surface area (Å²) in [6.07, 6.45) is -0.0659. The smallest absolute Gasteiger partial charge is 0.235 e. The Bertz CT molecular complexity index is 1580. The summed E-state index contributed by atoms with van der Waals surface area (Å²) in [5.41, 5.74) is 6.15. The van der Waals surface area contributed by atoms with Crippen LogP contribution in [0.1, 0.15) is 34.3 Å². The van der Waals surface area contributed by atoms with Gasteiger partial charge in [0.25, 0.3) is 0 Å². The molecule has 4 aliphatic rings. The van der Waals surface area contributed by atoms with Crippen LogP contribution in [-0.2, 0) is 32.1 Å². The van der Waals surface area contributed by atoms with Crippen molar-refractivity contribution >= 4 is 34.7 Å². The van der Waals surface area contributed by atoms with Gasteiger partial charge in [0, 0.05) is 70.4 Å². The molecule has 1 heterocycles. The van der Waals surface area contributed by atoms with Gasteiger partial charge in [-0.2, -0.15) is 0 Å². The third kappa shape index (κ3) is 4.65. The van der Waals surface area contributed by atoms with E-state index in [1.165, 1.54) is 0 Å². The number of Topliss-reactive ketones (excluding diaryl/α,β-unsaturated/α-hetero) is 4. The van der Waals surface area contributed by atoms with Gasteiger partial charge < -0.3 is 25.7 Å². The van der Waals surface area contributed by atoms with E-state index in [0.29, 0.717) is 22.4 Å². The first kappa shape index (κ1) is 30.1. The molecule has 0 bridgehead atoms. The molecule has 44 heavy (non-hydrogen) atoms. The lowest BCUT2D eigenvalue weighted by Gasteiger charge is -2.48. The maximum atomic E-state index is 14.2. The number of nitrogens with two attached hydrogens (primary N) is 1. The number of amides is 1. The largest absolute Gasteiger partial charge is 0.507 e. The number of benzene rings is 2. The topological polar surface area (TPSA) is 162 Å². The SMILES string of the molecule is CN1CCN(Cc2ccc(-c3cc(N(C)C)c4c(c3O)C(=O)C3C(=O)[C@]5(O)C(=O)C(C(N)=O)C(=O)C[C@@H]5C[C@@H]3C4)cc2)CC1. The Hall–Kier alpha value is -3.93. The van der Waals surface area contributed by atoms with Crippen molar-refractivity contribution in [3.8, 4) is 16.9 Å². The van der Waals surface area contributed by atoms with Crippen molar-refractivity contribution in [1.82, 2.24) is 9.80 Å². The van der Waals surface area contributed by atoms with Crippen molar-refractivity contribution in [2.45, 2.75) is 31.4 Å². The predicted molar refractivity (Wildman–Crippen MR) is 161 cm³/mol. The van der Waals surface area contributed by atoms with Gasteiger partial charge in [-0.25, -0.2) is 0 Å². The summed E-state index contributed by atoms with van der Waals surface area (Å²) in [7, 11) is 5.78. The number of likely N-dealkylation sites (N-methyl/N-ethyl adjacent to an activating group) is 1. The normalized spacial score (nSPS) is 29.2. The maximum Gasteiger partial charge on any atom is 0.235 e. The summed E-state index contributed by atoms with van der Waals surface area (Å²) in [6, 6.07) is 9.66. The van der Waals surface area contributed by atoms with Crippen molar-refractivity contribution in [3.05, 3.63) is 47.0 Å². The highest BCUT2D eigenvalue weighted by atomic mass is 16.3. The molecule has 2 unspecified atom stereocenters. The average molecular weight is 603 g/mol. The van der Waals surface area contributed by atoms with Crippen LogP contribution < -0.4 is 10.6 Å². The van der Waals surface area contributed by atoms with Gasteiger partial charge in [0.1, 0.15) is 5.75 Å². The fourth-order valence-electron chi connectivity index (χ4n) is 7.69. The fraction of sp³-hybridized carbons (Fsp3) is 0.485. The summed E-state index contributed by atoms with van der Waals surface area (Å²) in [4.78, 5) is 72.3. The minimum Gasteiger partial charge on any atom is -0.507 e. The van der Waals surface area contributed by atoms with Crippen LogP contribution in [0.4, 0.5) is 5.69 Å². The molecule has 5 atom stereocenters. The Morgan fingerprint density at radius 3 is 2.30 bits per heavy atom. The van der Waals surface area contributed by atoms with Crippen LogP contribution in [-0.4, -0.2) is 102 Å². The summed E-state index contributed by atoms with van der Waals surface area (Å²) in [5.74, 6) is -10.1. The van der Waals surface area contributed by atoms with Crippen LogP contribution in [0.25, 0.3) is 11.1 Å². The molecule has 0 aromatic heterocycles. The van der Waals surface area contributed by atoms with E-state index >= 15 is 0 Å². The number of carbonyl (C=O) groups is 5. The average Bonchev–Trinajstić information content (AvgIpc) is 2.96. The molecule has 1 saturated heterocycles. The molecule has 4 N–H and O–H groups in total. The van der Waals surface area contributed by atoms with Gasteiger partial charge in [-0.1, -0.05) is 24.3 Å². The number of carbonyl (C=O) groups excluding carboxylic acids is 5. The van der Waals surface area contributed by atoms with E-state index in [1.54, 1.807) is 0 Å². The molecule has 11 heteroatoms. The van der Waals surface area contributed by atoms with Crippen LogP contribution in [0.15, 0.2) is 30.3 Å². The monoisotopic (exact) mass is 602 g/mol. The third-order valence-electron chi connectivity index (χ3n) is 10.1. The standard InChI is InChI=1S/C33H38N4O7/c1-35(2)23-15-21(18-6-4-17(5-7-18)16-37-10-8-36(3)9-11-37)28(39)26-22(23)13-19-12-20-14-24(38)27(32(34)43)31(42)33(20,44)30(41)25(19)29(26)40/h4-7,15,19-20,25,27,39,44H,8-14,16H2,1-3H3,(H2,34,43)/t19-,20+,25?,27?,33+/m1/s1. The zero-order valence-corrected chi connectivity index (χ0v) is 25.2. The van der Waals surface area contributed by atoms with E-state index in [-0.39, 0.29) is 30.6 Å². The van der Waals surface area contributed by atoms with Gasteiger partial charge in [-0.05, 0) is 48.6 Å². The second-order valence-electron chi connectivity index (χ2n) is 13.1. The number of piperazine rings is 1. The van der Waals surface area contributed by atoms with E-state index in [0.717, 1.165) is 38.3 Å². The second kappa shape index (κ2) is 10.9. The van der Waals surface area contributed by atoms with Crippen molar-refractivity contribution in [3.63, 3.8) is 0 Å². The molecule has 3 fully saturated rings. The molecular weight excluding hydrogens is 564 g/mol. The zero-order chi connectivity index (χ0) is 31.7. The van der Waals surface area contributed by atoms with Crippen molar-refractivity contribution in [2.24, 2.45) is 29.4 Å². The van der Waals surface area contributed by atoms with E-state index in [4.69, 9.17) is 5.73 Å². The Morgan fingerprint density at radius 2 is 1.68 bits per heavy atom. The highest BCUT2D eigenvalue weighted by Crippen LogP contribution is 2.52. The quantitative estimate of drug-likeness (QED) is 0.418. The minimum absolute atomic E-state index is 0.00449. The van der Waals surface area contributed by atoms with E-state index < -0.39 is 58.3 Å². The van der Waals surface area contributed by atoms with Gasteiger partial charge >= 0.3 is 0 Å². The summed E-state index contributed by atoms with van der Waals surface area (Å²) in [5, 5.41) is 23.1. The van der Waals surface area contributed by atoms with E-state index in [1.807, 2.05) is 49.3 Å². The third-order valence-corrected chi connectivity index (χ3v) is 10.1. The molecule has 0 radical (unpaired) electrons. The zero-order valence-electron chi connectivity index (χ0n) is 25.2. The number of hydrogen-bond donors (Lipinski definition) is 3. The first-order chi connectivity index (χ1) is 20.8. The lowest BCUT2D eigenvalue weighted by atomic mass is 9.53. The first-order valence-electron chi connectivity index (χ1n) is 15.1. The number of fused-ring (bicyclic) bond motifs is 3. The fourth-order valence-corrected chi connectivity index (χ4v) is 7.69. The maximum absolute atomic E-state index is 14.2. The molecule has 1 aliphatic heterocycles.